The predicted octanol–water partition coefficient (Wildman–Crippen LogP) is 3.26. The maximum atomic E-state index is 12.0. The van der Waals surface area contributed by atoms with Crippen LogP contribution in [0.4, 0.5) is 0 Å². The molecule has 6 heteroatoms. The summed E-state index contributed by atoms with van der Waals surface area (Å²) in [5.74, 6) is 0. The molecule has 0 radical (unpaired) electrons. The first-order valence-corrected chi connectivity index (χ1v) is 7.88. The molecule has 4 rings (SSSR count). The van der Waals surface area contributed by atoms with Crippen molar-refractivity contribution in [2.75, 3.05) is 0 Å². The molecule has 0 bridgehead atoms. The number of H-pyrrole nitrogens is 1. The third-order valence-electron chi connectivity index (χ3n) is 3.44. The first-order chi connectivity index (χ1) is 11.3. The molecule has 1 aromatic carbocycles. The van der Waals surface area contributed by atoms with E-state index >= 15 is 0 Å². The van der Waals surface area contributed by atoms with E-state index in [2.05, 4.69) is 15.1 Å². The molecule has 3 heterocycles. The summed E-state index contributed by atoms with van der Waals surface area (Å²) in [4.78, 5) is 20.6. The fourth-order valence-corrected chi connectivity index (χ4v) is 3.21. The quantitative estimate of drug-likeness (QED) is 0.629. The van der Waals surface area contributed by atoms with Crippen molar-refractivity contribution >= 4 is 22.7 Å². The molecular weight excluding hydrogens is 308 g/mol. The number of nitrogens with zero attached hydrogens (tertiary/aromatic N) is 3. The number of benzene rings is 1. The van der Waals surface area contributed by atoms with E-state index in [9.17, 15) is 4.79 Å². The third-order valence-corrected chi connectivity index (χ3v) is 4.38. The lowest BCUT2D eigenvalue weighted by Gasteiger charge is -2.04. The number of nitrogens with one attached hydrogen (secondary N) is 1. The summed E-state index contributed by atoms with van der Waals surface area (Å²) in [6, 6.07) is 15.0. The number of hydrogen-bond acceptors (Lipinski definition) is 4. The van der Waals surface area contributed by atoms with Gasteiger partial charge in [-0.05, 0) is 36.4 Å². The largest absolute Gasteiger partial charge is 0.359 e. The lowest BCUT2D eigenvalue weighted by Crippen LogP contribution is -2.18. The maximum absolute atomic E-state index is 12.0. The van der Waals surface area contributed by atoms with E-state index in [1.165, 1.54) is 10.7 Å². The summed E-state index contributed by atoms with van der Waals surface area (Å²) < 4.78 is 1.40. The number of fused-ring (bicyclic) bond motifs is 1. The minimum Gasteiger partial charge on any atom is -0.359 e. The van der Waals surface area contributed by atoms with Crippen LogP contribution in [-0.4, -0.2) is 19.7 Å². The Morgan fingerprint density at radius 2 is 2.00 bits per heavy atom. The Kier molecular flexibility index (Phi) is 3.44. The van der Waals surface area contributed by atoms with Crippen molar-refractivity contribution in [3.63, 3.8) is 0 Å². The van der Waals surface area contributed by atoms with Gasteiger partial charge in [0, 0.05) is 40.5 Å². The van der Waals surface area contributed by atoms with Gasteiger partial charge in [-0.2, -0.15) is 9.78 Å². The summed E-state index contributed by atoms with van der Waals surface area (Å²) >= 11 is 1.58. The van der Waals surface area contributed by atoms with Gasteiger partial charge in [0.05, 0.1) is 5.69 Å². The zero-order valence-electron chi connectivity index (χ0n) is 12.0. The smallest absolute Gasteiger partial charge is 0.271 e. The molecule has 0 spiro atoms. The van der Waals surface area contributed by atoms with Crippen LogP contribution in [-0.2, 0) is 0 Å². The van der Waals surface area contributed by atoms with Crippen LogP contribution in [0, 0.1) is 0 Å². The first-order valence-electron chi connectivity index (χ1n) is 7.06. The highest BCUT2D eigenvalue weighted by atomic mass is 32.2. The van der Waals surface area contributed by atoms with Crippen LogP contribution >= 0.6 is 11.8 Å². The average molecular weight is 320 g/mol. The first kappa shape index (κ1) is 13.8. The van der Waals surface area contributed by atoms with Crippen molar-refractivity contribution in [2.45, 2.75) is 9.92 Å². The Bertz CT molecular complexity index is 1020. The molecule has 23 heavy (non-hydrogen) atoms. The Morgan fingerprint density at radius 3 is 2.83 bits per heavy atom. The number of rotatable bonds is 3. The van der Waals surface area contributed by atoms with Crippen molar-refractivity contribution in [2.24, 2.45) is 0 Å². The van der Waals surface area contributed by atoms with Crippen LogP contribution in [0.25, 0.3) is 16.6 Å². The van der Waals surface area contributed by atoms with Crippen LogP contribution in [0.2, 0.25) is 0 Å². The van der Waals surface area contributed by atoms with Crippen molar-refractivity contribution in [1.29, 1.82) is 0 Å². The minimum atomic E-state index is -0.156. The van der Waals surface area contributed by atoms with Gasteiger partial charge in [-0.15, -0.1) is 0 Å². The normalized spacial score (nSPS) is 11.0. The highest BCUT2D eigenvalue weighted by Gasteiger charge is 2.09. The molecule has 0 saturated carbocycles. The van der Waals surface area contributed by atoms with Gasteiger partial charge in [-0.1, -0.05) is 17.8 Å². The minimum absolute atomic E-state index is 0.156. The number of hydrogen-bond donors (Lipinski definition) is 1. The SMILES string of the molecule is O=c1cccnn1-c1c[nH]c2ccc(Sc3ccccn3)cc12. The molecule has 0 aliphatic carbocycles. The van der Waals surface area contributed by atoms with Gasteiger partial charge >= 0.3 is 0 Å². The fraction of sp³-hybridized carbons (Fsp3) is 0. The topological polar surface area (TPSA) is 63.6 Å². The highest BCUT2D eigenvalue weighted by molar-refractivity contribution is 7.99. The van der Waals surface area contributed by atoms with Crippen molar-refractivity contribution in [3.05, 3.63) is 77.5 Å². The molecule has 0 aliphatic rings. The molecule has 0 saturated heterocycles. The lowest BCUT2D eigenvalue weighted by molar-refractivity contribution is 0.812. The summed E-state index contributed by atoms with van der Waals surface area (Å²) in [7, 11) is 0. The second kappa shape index (κ2) is 5.73. The van der Waals surface area contributed by atoms with Crippen LogP contribution in [0.3, 0.4) is 0 Å². The van der Waals surface area contributed by atoms with E-state index < -0.39 is 0 Å². The van der Waals surface area contributed by atoms with E-state index in [1.807, 2.05) is 36.4 Å². The Morgan fingerprint density at radius 1 is 1.04 bits per heavy atom. The monoisotopic (exact) mass is 320 g/mol. The summed E-state index contributed by atoms with van der Waals surface area (Å²) in [6.45, 7) is 0. The summed E-state index contributed by atoms with van der Waals surface area (Å²) in [5, 5.41) is 6.03. The third kappa shape index (κ3) is 2.64. The Hall–Kier alpha value is -2.86. The zero-order chi connectivity index (χ0) is 15.6. The molecule has 0 fully saturated rings. The zero-order valence-corrected chi connectivity index (χ0v) is 12.8. The standard InChI is InChI=1S/C17H12N4OS/c22-17-5-3-9-20-21(17)15-11-19-14-7-6-12(10-13(14)15)23-16-4-1-2-8-18-16/h1-11,19H. The van der Waals surface area contributed by atoms with Crippen LogP contribution in [0.1, 0.15) is 0 Å². The molecule has 5 nitrogen and oxygen atoms in total. The molecule has 0 atom stereocenters. The van der Waals surface area contributed by atoms with Crippen molar-refractivity contribution in [3.8, 4) is 5.69 Å². The molecule has 4 aromatic rings. The van der Waals surface area contributed by atoms with Crippen LogP contribution in [0.5, 0.6) is 0 Å². The van der Waals surface area contributed by atoms with Gasteiger partial charge in [0.1, 0.15) is 5.03 Å². The van der Waals surface area contributed by atoms with Crippen molar-refractivity contribution < 1.29 is 0 Å². The van der Waals surface area contributed by atoms with Gasteiger partial charge in [0.15, 0.2) is 0 Å². The van der Waals surface area contributed by atoms with E-state index in [1.54, 1.807) is 36.4 Å². The molecule has 0 aliphatic heterocycles. The van der Waals surface area contributed by atoms with E-state index in [-0.39, 0.29) is 5.56 Å². The maximum Gasteiger partial charge on any atom is 0.271 e. The summed E-state index contributed by atoms with van der Waals surface area (Å²) in [5.41, 5.74) is 1.55. The second-order valence-electron chi connectivity index (χ2n) is 4.93. The van der Waals surface area contributed by atoms with Gasteiger partial charge in [0.25, 0.3) is 5.56 Å². The number of pyridine rings is 1. The number of aromatic amines is 1. The molecular formula is C17H12N4OS. The van der Waals surface area contributed by atoms with Gasteiger partial charge in [-0.3, -0.25) is 4.79 Å². The van der Waals surface area contributed by atoms with E-state index in [4.69, 9.17) is 0 Å². The molecule has 1 N–H and O–H groups in total. The molecule has 0 amide bonds. The lowest BCUT2D eigenvalue weighted by atomic mass is 10.2. The van der Waals surface area contributed by atoms with Gasteiger partial charge < -0.3 is 4.98 Å². The average Bonchev–Trinajstić information content (AvgIpc) is 2.99. The fourth-order valence-electron chi connectivity index (χ4n) is 2.39. The Balaban J connectivity index is 1.81. The molecule has 3 aromatic heterocycles. The van der Waals surface area contributed by atoms with Crippen molar-refractivity contribution in [1.82, 2.24) is 19.7 Å². The number of aromatic nitrogens is 4. The summed E-state index contributed by atoms with van der Waals surface area (Å²) in [6.07, 6.45) is 5.18. The second-order valence-corrected chi connectivity index (χ2v) is 6.02. The van der Waals surface area contributed by atoms with Gasteiger partial charge in [0.2, 0.25) is 0 Å². The predicted molar refractivity (Wildman–Crippen MR) is 90.1 cm³/mol. The van der Waals surface area contributed by atoms with Crippen LogP contribution in [0.15, 0.2) is 81.8 Å². The molecule has 112 valence electrons. The van der Waals surface area contributed by atoms with Gasteiger partial charge in [-0.25, -0.2) is 4.98 Å². The van der Waals surface area contributed by atoms with E-state index in [0.717, 1.165) is 26.5 Å². The Labute approximate surface area is 136 Å². The molecule has 0 unspecified atom stereocenters. The highest BCUT2D eigenvalue weighted by Crippen LogP contribution is 2.30. The van der Waals surface area contributed by atoms with E-state index in [0.29, 0.717) is 0 Å². The van der Waals surface area contributed by atoms with Crippen LogP contribution < -0.4 is 5.56 Å².